The van der Waals surface area contributed by atoms with Gasteiger partial charge in [-0.05, 0) is 54.1 Å². The van der Waals surface area contributed by atoms with Crippen molar-refractivity contribution < 1.29 is 0 Å². The van der Waals surface area contributed by atoms with E-state index in [1.165, 1.54) is 38.5 Å². The van der Waals surface area contributed by atoms with Crippen LogP contribution in [-0.4, -0.2) is 11.3 Å². The quantitative estimate of drug-likeness (QED) is 0.636. The van der Waals surface area contributed by atoms with Crippen LogP contribution in [0.4, 0.5) is 0 Å². The molecule has 1 saturated heterocycles. The minimum Gasteiger partial charge on any atom is -0.0684 e. The first-order valence-electron chi connectivity index (χ1n) is 8.28. The van der Waals surface area contributed by atoms with E-state index in [2.05, 4.69) is 30.3 Å². The van der Waals surface area contributed by atoms with Crippen LogP contribution in [0.1, 0.15) is 51.4 Å². The van der Waals surface area contributed by atoms with Gasteiger partial charge in [-0.25, -0.2) is 0 Å². The number of hydrogen-bond donors (Lipinski definition) is 0. The maximum Gasteiger partial charge on any atom is -0.0135 e. The molecule has 0 radical (unpaired) electrons. The van der Waals surface area contributed by atoms with Crippen LogP contribution in [0.3, 0.4) is 0 Å². The lowest BCUT2D eigenvalue weighted by Gasteiger charge is -2.31. The van der Waals surface area contributed by atoms with E-state index in [1.807, 2.05) is 0 Å². The Hall–Kier alpha value is -0.350. The van der Waals surface area contributed by atoms with Crippen LogP contribution in [-0.2, 0) is 0 Å². The second-order valence-electron chi connectivity index (χ2n) is 6.77. The predicted molar refractivity (Wildman–Crippen MR) is 84.5 cm³/mol. The standard InChI is InChI=1S/C18H25P/c1-2-8-14(9-3-1)19-17-12-6-4-10-15(17)16-11-5-7-13-18(16)19/h1-3,8-9,15-18H,4-7,10-13H2/t15-,16?,17-,18-,19?/m0/s1. The minimum absolute atomic E-state index is 0.145. The molecule has 0 N–H and O–H groups in total. The lowest BCUT2D eigenvalue weighted by molar-refractivity contribution is 0.231. The van der Waals surface area contributed by atoms with Crippen molar-refractivity contribution in [3.8, 4) is 0 Å². The van der Waals surface area contributed by atoms with Gasteiger partial charge in [0.1, 0.15) is 0 Å². The van der Waals surface area contributed by atoms with Gasteiger partial charge in [-0.2, -0.15) is 0 Å². The molecular weight excluding hydrogens is 247 g/mol. The number of hydrogen-bond acceptors (Lipinski definition) is 0. The average molecular weight is 272 g/mol. The van der Waals surface area contributed by atoms with E-state index in [-0.39, 0.29) is 7.92 Å². The third-order valence-corrected chi connectivity index (χ3v) is 9.49. The Labute approximate surface area is 118 Å². The summed E-state index contributed by atoms with van der Waals surface area (Å²) in [6.45, 7) is 0. The molecule has 2 saturated carbocycles. The van der Waals surface area contributed by atoms with Crippen LogP contribution in [0, 0.1) is 11.8 Å². The highest BCUT2D eigenvalue weighted by Gasteiger charge is 2.50. The lowest BCUT2D eigenvalue weighted by atomic mass is 9.73. The number of fused-ring (bicyclic) bond motifs is 3. The highest BCUT2D eigenvalue weighted by molar-refractivity contribution is 7.67. The molecule has 5 atom stereocenters. The molecule has 0 spiro atoms. The maximum absolute atomic E-state index is 2.44. The van der Waals surface area contributed by atoms with Crippen molar-refractivity contribution in [2.75, 3.05) is 0 Å². The molecule has 4 rings (SSSR count). The third-order valence-electron chi connectivity index (χ3n) is 5.88. The Kier molecular flexibility index (Phi) is 3.40. The molecule has 1 aromatic carbocycles. The zero-order valence-electron chi connectivity index (χ0n) is 11.8. The lowest BCUT2D eigenvalue weighted by Crippen LogP contribution is -2.26. The van der Waals surface area contributed by atoms with E-state index in [1.54, 1.807) is 18.1 Å². The summed E-state index contributed by atoms with van der Waals surface area (Å²) >= 11 is 0. The molecule has 19 heavy (non-hydrogen) atoms. The SMILES string of the molecule is c1ccc(P2[C@H]3CCCCC3[C@@H]3CCCC[C@@H]32)cc1. The largest absolute Gasteiger partial charge is 0.0684 e. The number of benzene rings is 1. The van der Waals surface area contributed by atoms with E-state index >= 15 is 0 Å². The van der Waals surface area contributed by atoms with E-state index < -0.39 is 0 Å². The van der Waals surface area contributed by atoms with Crippen molar-refractivity contribution in [1.29, 1.82) is 0 Å². The first-order valence-corrected chi connectivity index (χ1v) is 9.76. The molecule has 0 bridgehead atoms. The summed E-state index contributed by atoms with van der Waals surface area (Å²) in [6, 6.07) is 11.6. The molecule has 0 nitrogen and oxygen atoms in total. The molecule has 0 aromatic heterocycles. The van der Waals surface area contributed by atoms with E-state index in [9.17, 15) is 0 Å². The molecule has 1 heterocycles. The second kappa shape index (κ2) is 5.21. The molecule has 1 heteroatoms. The molecular formula is C18H25P. The zero-order chi connectivity index (χ0) is 12.7. The van der Waals surface area contributed by atoms with Gasteiger partial charge in [0.05, 0.1) is 0 Å². The summed E-state index contributed by atoms with van der Waals surface area (Å²) in [4.78, 5) is 0. The van der Waals surface area contributed by atoms with E-state index in [0.717, 1.165) is 23.2 Å². The van der Waals surface area contributed by atoms with Crippen molar-refractivity contribution in [2.45, 2.75) is 62.7 Å². The summed E-state index contributed by atoms with van der Waals surface area (Å²) in [7, 11) is 0.145. The van der Waals surface area contributed by atoms with Gasteiger partial charge in [-0.1, -0.05) is 63.9 Å². The molecule has 1 aliphatic heterocycles. The fourth-order valence-corrected chi connectivity index (χ4v) is 9.46. The van der Waals surface area contributed by atoms with Crippen LogP contribution in [0.15, 0.2) is 30.3 Å². The fourth-order valence-electron chi connectivity index (χ4n) is 5.20. The first-order chi connectivity index (χ1) is 9.45. The van der Waals surface area contributed by atoms with Crippen LogP contribution in [0.5, 0.6) is 0 Å². The van der Waals surface area contributed by atoms with Gasteiger partial charge < -0.3 is 0 Å². The Balaban J connectivity index is 1.71. The van der Waals surface area contributed by atoms with Gasteiger partial charge in [-0.15, -0.1) is 0 Å². The summed E-state index contributed by atoms with van der Waals surface area (Å²) < 4.78 is 0. The van der Waals surface area contributed by atoms with Gasteiger partial charge >= 0.3 is 0 Å². The summed E-state index contributed by atoms with van der Waals surface area (Å²) in [6.07, 6.45) is 12.2. The monoisotopic (exact) mass is 272 g/mol. The maximum atomic E-state index is 2.44. The summed E-state index contributed by atoms with van der Waals surface area (Å²) in [5.41, 5.74) is 2.17. The fraction of sp³-hybridized carbons (Fsp3) is 0.667. The first kappa shape index (κ1) is 12.4. The normalized spacial score (nSPS) is 41.6. The van der Waals surface area contributed by atoms with Gasteiger partial charge in [-0.3, -0.25) is 0 Å². The number of rotatable bonds is 1. The van der Waals surface area contributed by atoms with Crippen molar-refractivity contribution in [3.63, 3.8) is 0 Å². The van der Waals surface area contributed by atoms with Crippen LogP contribution < -0.4 is 5.30 Å². The average Bonchev–Trinajstić information content (AvgIpc) is 2.83. The zero-order valence-corrected chi connectivity index (χ0v) is 12.7. The van der Waals surface area contributed by atoms with Gasteiger partial charge in [0.25, 0.3) is 0 Å². The Morgan fingerprint density at radius 1 is 0.684 bits per heavy atom. The van der Waals surface area contributed by atoms with Crippen LogP contribution >= 0.6 is 7.92 Å². The van der Waals surface area contributed by atoms with Gasteiger partial charge in [0.15, 0.2) is 0 Å². The second-order valence-corrected chi connectivity index (χ2v) is 9.43. The predicted octanol–water partition coefficient (Wildman–Crippen LogP) is 4.93. The van der Waals surface area contributed by atoms with Gasteiger partial charge in [0.2, 0.25) is 0 Å². The molecule has 2 aliphatic carbocycles. The Morgan fingerprint density at radius 3 is 1.79 bits per heavy atom. The summed E-state index contributed by atoms with van der Waals surface area (Å²) in [5.74, 6) is 2.20. The Bertz CT molecular complexity index is 405. The van der Waals surface area contributed by atoms with Crippen molar-refractivity contribution in [1.82, 2.24) is 0 Å². The molecule has 3 aliphatic rings. The van der Waals surface area contributed by atoms with Gasteiger partial charge in [0, 0.05) is 0 Å². The highest BCUT2D eigenvalue weighted by atomic mass is 31.1. The van der Waals surface area contributed by atoms with E-state index in [0.29, 0.717) is 0 Å². The minimum atomic E-state index is 0.145. The molecule has 102 valence electrons. The topological polar surface area (TPSA) is 0 Å². The molecule has 3 fully saturated rings. The van der Waals surface area contributed by atoms with Crippen molar-refractivity contribution in [3.05, 3.63) is 30.3 Å². The molecule has 0 amide bonds. The molecule has 2 unspecified atom stereocenters. The smallest absolute Gasteiger partial charge is 0.0135 e. The van der Waals surface area contributed by atoms with Crippen molar-refractivity contribution in [2.24, 2.45) is 11.8 Å². The Morgan fingerprint density at radius 2 is 1.21 bits per heavy atom. The van der Waals surface area contributed by atoms with E-state index in [4.69, 9.17) is 0 Å². The van der Waals surface area contributed by atoms with Crippen molar-refractivity contribution >= 4 is 13.2 Å². The van der Waals surface area contributed by atoms with Crippen LogP contribution in [0.25, 0.3) is 0 Å². The van der Waals surface area contributed by atoms with Crippen LogP contribution in [0.2, 0.25) is 0 Å². The third kappa shape index (κ3) is 2.07. The molecule has 1 aromatic rings. The highest BCUT2D eigenvalue weighted by Crippen LogP contribution is 2.66. The summed E-state index contributed by atoms with van der Waals surface area (Å²) in [5, 5.41) is 1.73.